The summed E-state index contributed by atoms with van der Waals surface area (Å²) in [5.41, 5.74) is -9.39. The monoisotopic (exact) mass is 1440 g/mol. The summed E-state index contributed by atoms with van der Waals surface area (Å²) in [4.78, 5) is 74.9. The van der Waals surface area contributed by atoms with Gasteiger partial charge < -0.3 is 55.4 Å². The summed E-state index contributed by atoms with van der Waals surface area (Å²) in [5, 5.41) is 109. The highest BCUT2D eigenvalue weighted by Gasteiger charge is 2.83. The van der Waals surface area contributed by atoms with E-state index in [2.05, 4.69) is 39.2 Å². The molecular weight excluding hydrogens is 1340 g/mol. The molecule has 19 nitrogen and oxygen atoms in total. The van der Waals surface area contributed by atoms with Gasteiger partial charge >= 0.3 is 11.9 Å². The summed E-state index contributed by atoms with van der Waals surface area (Å²) in [6.45, 7) is 25.6. The van der Waals surface area contributed by atoms with E-state index in [0.717, 1.165) is 0 Å². The van der Waals surface area contributed by atoms with Gasteiger partial charge in [0.1, 0.15) is 28.2 Å². The number of esters is 2. The predicted octanol–water partition coefficient (Wildman–Crippen LogP) is 7.08. The molecule has 0 spiro atoms. The number of rotatable bonds is 6. The Morgan fingerprint density at radius 1 is 0.553 bits per heavy atom. The molecule has 9 N–H and O–H groups in total. The molecule has 0 bridgehead atoms. The van der Waals surface area contributed by atoms with E-state index in [9.17, 15) is 74.7 Å². The van der Waals surface area contributed by atoms with Crippen molar-refractivity contribution in [1.29, 1.82) is 0 Å². The molecule has 0 aromatic carbocycles. The lowest BCUT2D eigenvalue weighted by Gasteiger charge is -2.56. The lowest BCUT2D eigenvalue weighted by atomic mass is 9.52. The maximum absolute atomic E-state index is 12.9. The average Bonchev–Trinajstić information content (AvgIpc) is 1.48. The second kappa shape index (κ2) is 29.0. The topological polar surface area (TPSA) is 328 Å². The second-order valence-corrected chi connectivity index (χ2v) is 37.2. The number of carbonyl (C=O) groups is 6. The quantitative estimate of drug-likeness (QED) is 0.0947. The first-order chi connectivity index (χ1) is 41.7. The summed E-state index contributed by atoms with van der Waals surface area (Å²) < 4.78 is 11.6. The Hall–Kier alpha value is -3.42. The molecule has 4 saturated carbocycles. The Bertz CT molecular complexity index is 3540. The van der Waals surface area contributed by atoms with Crippen LogP contribution in [-0.2, 0) is 105 Å². The van der Waals surface area contributed by atoms with Crippen molar-refractivity contribution in [2.75, 3.05) is 19.8 Å². The fraction of sp³-hybridized carbons (Fsp3) is 0.706. The van der Waals surface area contributed by atoms with Crippen LogP contribution in [0.2, 0.25) is 0 Å². The van der Waals surface area contributed by atoms with Crippen LogP contribution in [0.5, 0.6) is 0 Å². The standard InChI is InChI=1S/C22H30N2O6.C22H30O6.C20H26O5.4CH4.S7/c1-11-6-16-20(28,18(11)27)9-14(10-25)7-15-17-19(4,5)23-24-21(17,30-13(3)26)8-12(2)22(15,16)29;1-11-6-16-20(26,18(11)25)9-14(10-23)7-15-17-19(4,5)21(17,28-13(3)24)8-12(2)22(15,16)27;1-10(2)17-14-7-13(9-21)8-19(24)16(5-11(3)18(19)23)20(14,25)12(4)6-15(17)22;;;;;1-3-5-7-6-4-2/h6-7,12,15-17,25,28-29H,8-10H2,1-5H3;6-7,12,15-17,23,26-27H,8-10H2,1-5H3;5,7,12,14,16-17,21,24-25H,1,6,8-9H2,2-4H3;4*1H4;/t2*12-,15+,16-,17-,20-,21+,22-;12-,14+,16-,17+,19-,20-;;;;;/m111...../s1. The number of ether oxygens (including phenoxy) is 2. The highest BCUT2D eigenvalue weighted by atomic mass is 33.4. The van der Waals surface area contributed by atoms with Crippen LogP contribution in [0.1, 0.15) is 158 Å². The van der Waals surface area contributed by atoms with Gasteiger partial charge in [-0.2, -0.15) is 5.11 Å². The van der Waals surface area contributed by atoms with Crippen LogP contribution >= 0.6 is 0 Å². The zero-order valence-electron chi connectivity index (χ0n) is 53.0. The van der Waals surface area contributed by atoms with Crippen LogP contribution < -0.4 is 0 Å². The lowest BCUT2D eigenvalue weighted by Crippen LogP contribution is -2.67. The maximum Gasteiger partial charge on any atom is 0.304 e. The molecule has 20 atom stereocenters. The van der Waals surface area contributed by atoms with E-state index in [1.807, 2.05) is 47.6 Å². The molecular formula is C68H102N2O17S7. The highest BCUT2D eigenvalue weighted by molar-refractivity contribution is 8.68. The third kappa shape index (κ3) is 12.9. The summed E-state index contributed by atoms with van der Waals surface area (Å²) in [5.74, 6) is -8.72. The largest absolute Gasteiger partial charge is 0.458 e. The Morgan fingerprint density at radius 3 is 1.28 bits per heavy atom. The van der Waals surface area contributed by atoms with Crippen molar-refractivity contribution in [2.45, 2.75) is 209 Å². The van der Waals surface area contributed by atoms with Crippen LogP contribution in [0.15, 0.2) is 92.3 Å². The van der Waals surface area contributed by atoms with Crippen molar-refractivity contribution in [3.05, 3.63) is 82.0 Å². The number of azo groups is 1. The molecule has 528 valence electrons. The lowest BCUT2D eigenvalue weighted by molar-refractivity contribution is -0.225. The molecule has 1 aliphatic heterocycles. The van der Waals surface area contributed by atoms with E-state index in [1.54, 1.807) is 91.6 Å². The maximum atomic E-state index is 12.9. The van der Waals surface area contributed by atoms with Gasteiger partial charge in [0.15, 0.2) is 17.3 Å². The first kappa shape index (κ1) is 83.0. The SMILES string of the molecule is C.C.C.C.C=C(C)[C@@H]1C(=O)C[C@@H](C)[C@@]2(O)[C@H]1C=C(CO)C[C@]1(O)C(=O)C(C)=C[C@@H]21.CC(=O)O[C@@]12C[C@@H](C)[C@@]3(O)[C@@H](C=C(CO)C[C@]4(O)C(=O)C(C)=C[C@@H]34)[C@@H]1C(C)(C)N=N2.CC(=O)O[C@@]12C[C@@H](C)[C@@]3(O)[C@@H](C=C(CO)C[C@]4(O)C(=O)C(C)=C[C@@H]34)[C@@H]1C2(C)C.S=S=S=S=S=S=S. The van der Waals surface area contributed by atoms with E-state index in [-0.39, 0.29) is 116 Å². The number of allylic oxidation sites excluding steroid dienone is 1. The van der Waals surface area contributed by atoms with Gasteiger partial charge in [-0.1, -0.05) is 113 Å². The van der Waals surface area contributed by atoms with Gasteiger partial charge in [0.2, 0.25) is 5.72 Å². The molecule has 1 heterocycles. The zero-order valence-corrected chi connectivity index (χ0v) is 58.7. The molecule has 11 aliphatic rings. The van der Waals surface area contributed by atoms with Gasteiger partial charge in [0, 0.05) is 165 Å². The molecule has 0 amide bonds. The van der Waals surface area contributed by atoms with Crippen molar-refractivity contribution < 1.29 is 84.2 Å². The Labute approximate surface area is 579 Å². The molecule has 0 radical (unpaired) electrons. The van der Waals surface area contributed by atoms with E-state index in [0.29, 0.717) is 45.4 Å². The number of aliphatic hydroxyl groups is 9. The molecule has 26 heteroatoms. The molecule has 11 rings (SSSR count). The molecule has 0 saturated heterocycles. The Morgan fingerprint density at radius 2 is 0.915 bits per heavy atom. The molecule has 4 fully saturated rings. The summed E-state index contributed by atoms with van der Waals surface area (Å²) in [7, 11) is 7.36. The van der Waals surface area contributed by atoms with Crippen molar-refractivity contribution >= 4 is 102 Å². The van der Waals surface area contributed by atoms with Gasteiger partial charge in [-0.25, -0.2) is 0 Å². The minimum atomic E-state index is -1.82. The van der Waals surface area contributed by atoms with E-state index < -0.39 is 127 Å². The number of Topliss-reactive ketones (excluding diaryl/α,β-unsaturated/α-hetero) is 4. The minimum Gasteiger partial charge on any atom is -0.458 e. The van der Waals surface area contributed by atoms with Crippen LogP contribution in [0.25, 0.3) is 0 Å². The number of carbonyl (C=O) groups excluding carboxylic acids is 6. The molecule has 94 heavy (non-hydrogen) atoms. The summed E-state index contributed by atoms with van der Waals surface area (Å²) >= 11 is 9.14. The molecule has 0 unspecified atom stereocenters. The van der Waals surface area contributed by atoms with Crippen molar-refractivity contribution in [3.63, 3.8) is 0 Å². The van der Waals surface area contributed by atoms with Crippen LogP contribution in [-0.4, -0.2) is 151 Å². The van der Waals surface area contributed by atoms with Gasteiger partial charge in [0.25, 0.3) is 0 Å². The van der Waals surface area contributed by atoms with Crippen LogP contribution in [0.3, 0.4) is 0 Å². The molecule has 0 aromatic rings. The first-order valence-corrected chi connectivity index (χ1v) is 38.2. The summed E-state index contributed by atoms with van der Waals surface area (Å²) in [6, 6.07) is 0. The number of fused-ring (bicyclic) bond motifs is 13. The van der Waals surface area contributed by atoms with Gasteiger partial charge in [-0.15, -0.1) is 5.11 Å². The first-order valence-electron chi connectivity index (χ1n) is 30.2. The normalized spacial score (nSPS) is 41.3. The number of ketones is 4. The number of nitrogens with zero attached hydrogens (tertiary/aromatic N) is 2. The van der Waals surface area contributed by atoms with Gasteiger partial charge in [0.05, 0.1) is 48.1 Å². The van der Waals surface area contributed by atoms with E-state index in [4.69, 9.17) is 9.47 Å². The Kier molecular flexibility index (Phi) is 25.6. The fourth-order valence-corrected chi connectivity index (χ4v) is 26.8. The fourth-order valence-electron chi connectivity index (χ4n) is 18.5. The van der Waals surface area contributed by atoms with Crippen molar-refractivity contribution in [3.8, 4) is 0 Å². The number of hydrogen-bond donors (Lipinski definition) is 9. The number of hydrogen-bond acceptors (Lipinski definition) is 21. The third-order valence-electron chi connectivity index (χ3n) is 22.3. The minimum absolute atomic E-state index is 0. The molecule has 10 aliphatic carbocycles. The van der Waals surface area contributed by atoms with Crippen LogP contribution in [0, 0.1) is 76.4 Å². The van der Waals surface area contributed by atoms with Crippen LogP contribution in [0.4, 0.5) is 0 Å². The second-order valence-electron chi connectivity index (χ2n) is 28.4. The predicted molar refractivity (Wildman–Crippen MR) is 378 cm³/mol. The summed E-state index contributed by atoms with van der Waals surface area (Å²) in [6.07, 6.45) is 11.0. The van der Waals surface area contributed by atoms with E-state index in [1.165, 1.54) is 31.6 Å². The number of aliphatic hydroxyl groups excluding tert-OH is 3. The van der Waals surface area contributed by atoms with Crippen molar-refractivity contribution in [1.82, 2.24) is 0 Å². The van der Waals surface area contributed by atoms with Gasteiger partial charge in [-0.05, 0) is 99.2 Å². The zero-order chi connectivity index (χ0) is 67.4. The molecule has 0 aromatic heterocycles. The van der Waals surface area contributed by atoms with Gasteiger partial charge in [-0.3, -0.25) is 28.8 Å². The third-order valence-corrected chi connectivity index (χ3v) is 31.2. The van der Waals surface area contributed by atoms with E-state index >= 15 is 0 Å². The highest BCUT2D eigenvalue weighted by Crippen LogP contribution is 2.77. The van der Waals surface area contributed by atoms with Crippen molar-refractivity contribution in [2.24, 2.45) is 86.7 Å². The average molecular weight is 1440 g/mol. The Balaban J connectivity index is 0.000000280. The smallest absolute Gasteiger partial charge is 0.304 e.